The van der Waals surface area contributed by atoms with Crippen LogP contribution in [0.4, 0.5) is 16.2 Å². The van der Waals surface area contributed by atoms with Gasteiger partial charge in [-0.2, -0.15) is 0 Å². The van der Waals surface area contributed by atoms with Crippen molar-refractivity contribution in [1.82, 2.24) is 15.1 Å². The number of nitrogens with zero attached hydrogens (tertiary/aromatic N) is 3. The van der Waals surface area contributed by atoms with E-state index >= 15 is 0 Å². The van der Waals surface area contributed by atoms with Gasteiger partial charge in [0.1, 0.15) is 11.4 Å². The molecule has 2 fully saturated rings. The summed E-state index contributed by atoms with van der Waals surface area (Å²) in [6, 6.07) is 2.48. The summed E-state index contributed by atoms with van der Waals surface area (Å²) in [7, 11) is 2.79. The smallest absolute Gasteiger partial charge is 0.407 e. The van der Waals surface area contributed by atoms with Gasteiger partial charge in [0, 0.05) is 38.3 Å². The highest BCUT2D eigenvalue weighted by molar-refractivity contribution is 5.97. The van der Waals surface area contributed by atoms with Crippen LogP contribution >= 0.6 is 0 Å². The fourth-order valence-corrected chi connectivity index (χ4v) is 5.04. The molecule has 0 aliphatic carbocycles. The molecule has 0 saturated carbocycles. The molecule has 3 rings (SSSR count). The number of rotatable bonds is 9. The quantitative estimate of drug-likeness (QED) is 0.260. The van der Waals surface area contributed by atoms with Gasteiger partial charge < -0.3 is 34.6 Å². The van der Waals surface area contributed by atoms with Crippen molar-refractivity contribution in [2.45, 2.75) is 58.1 Å². The molecule has 2 aliphatic heterocycles. The molecule has 0 spiro atoms. The molecule has 2 N–H and O–H groups in total. The van der Waals surface area contributed by atoms with E-state index in [1.807, 2.05) is 0 Å². The van der Waals surface area contributed by atoms with Crippen molar-refractivity contribution in [2.24, 2.45) is 5.92 Å². The number of piperidine rings is 2. The first-order chi connectivity index (χ1) is 18.9. The van der Waals surface area contributed by atoms with Crippen LogP contribution in [0.5, 0.6) is 5.75 Å². The zero-order valence-electron chi connectivity index (χ0n) is 24.0. The molecule has 2 amide bonds. The first-order valence-electron chi connectivity index (χ1n) is 13.6. The van der Waals surface area contributed by atoms with E-state index in [0.29, 0.717) is 45.3 Å². The number of nitro benzene ring substituents is 1. The molecule has 0 bridgehead atoms. The maximum absolute atomic E-state index is 13.4. The molecular formula is C27H41N5O8. The van der Waals surface area contributed by atoms with Crippen LogP contribution in [-0.2, 0) is 14.3 Å². The number of esters is 1. The monoisotopic (exact) mass is 563 g/mol. The van der Waals surface area contributed by atoms with Gasteiger partial charge in [0.05, 0.1) is 30.6 Å². The number of carbonyl (C=O) groups excluding carboxylic acids is 3. The summed E-state index contributed by atoms with van der Waals surface area (Å²) < 4.78 is 15.6. The molecule has 13 heteroatoms. The molecule has 222 valence electrons. The third-order valence-electron chi connectivity index (χ3n) is 7.03. The third kappa shape index (κ3) is 8.44. The van der Waals surface area contributed by atoms with Gasteiger partial charge in [-0.1, -0.05) is 0 Å². The Morgan fingerprint density at radius 3 is 2.40 bits per heavy atom. The number of anilines is 1. The van der Waals surface area contributed by atoms with Crippen molar-refractivity contribution in [3.8, 4) is 5.75 Å². The highest BCUT2D eigenvalue weighted by Gasteiger charge is 2.30. The van der Waals surface area contributed by atoms with Crippen LogP contribution in [0.25, 0.3) is 0 Å². The average molecular weight is 564 g/mol. The number of alkyl carbamates (subject to hydrolysis) is 1. The lowest BCUT2D eigenvalue weighted by Crippen LogP contribution is -2.50. The minimum atomic E-state index is -0.638. The normalized spacial score (nSPS) is 18.5. The van der Waals surface area contributed by atoms with E-state index in [9.17, 15) is 24.5 Å². The number of hydrogen-bond acceptors (Lipinski definition) is 10. The summed E-state index contributed by atoms with van der Waals surface area (Å²) >= 11 is 0. The molecule has 13 nitrogen and oxygen atoms in total. The maximum atomic E-state index is 13.4. The molecule has 40 heavy (non-hydrogen) atoms. The largest absolute Gasteiger partial charge is 0.494 e. The van der Waals surface area contributed by atoms with Gasteiger partial charge in [0.2, 0.25) is 0 Å². The van der Waals surface area contributed by atoms with E-state index in [0.717, 1.165) is 13.1 Å². The van der Waals surface area contributed by atoms with Crippen LogP contribution in [0.2, 0.25) is 0 Å². The Morgan fingerprint density at radius 1 is 1.10 bits per heavy atom. The summed E-state index contributed by atoms with van der Waals surface area (Å²) in [4.78, 5) is 52.5. The molecule has 2 heterocycles. The predicted molar refractivity (Wildman–Crippen MR) is 148 cm³/mol. The SMILES string of the molecule is COC(=O)C1CCN(CCNc2c(OC)cc(C(=O)N3CCCC(NC(=O)OC(C)(C)C)C3)cc2[N+](=O)[O-])CC1. The fraction of sp³-hybridized carbons (Fsp3) is 0.667. The highest BCUT2D eigenvalue weighted by atomic mass is 16.6. The molecule has 1 aromatic rings. The lowest BCUT2D eigenvalue weighted by Gasteiger charge is -2.33. The number of carbonyl (C=O) groups is 3. The fourth-order valence-electron chi connectivity index (χ4n) is 5.04. The highest BCUT2D eigenvalue weighted by Crippen LogP contribution is 2.36. The third-order valence-corrected chi connectivity index (χ3v) is 7.03. The summed E-state index contributed by atoms with van der Waals surface area (Å²) in [5.41, 5.74) is -0.554. The molecular weight excluding hydrogens is 522 g/mol. The van der Waals surface area contributed by atoms with E-state index in [2.05, 4.69) is 15.5 Å². The van der Waals surface area contributed by atoms with Crippen LogP contribution in [0.3, 0.4) is 0 Å². The van der Waals surface area contributed by atoms with Crippen molar-refractivity contribution < 1.29 is 33.5 Å². The van der Waals surface area contributed by atoms with Crippen LogP contribution in [0.1, 0.15) is 56.8 Å². The lowest BCUT2D eigenvalue weighted by atomic mass is 9.97. The summed E-state index contributed by atoms with van der Waals surface area (Å²) in [5.74, 6) is -0.463. The van der Waals surface area contributed by atoms with Crippen LogP contribution in [-0.4, -0.2) is 97.8 Å². The van der Waals surface area contributed by atoms with Gasteiger partial charge in [0.15, 0.2) is 5.69 Å². The second-order valence-electron chi connectivity index (χ2n) is 11.1. The van der Waals surface area contributed by atoms with Gasteiger partial charge in [-0.05, 0) is 65.6 Å². The number of likely N-dealkylation sites (tertiary alicyclic amines) is 2. The number of amides is 2. The van der Waals surface area contributed by atoms with Gasteiger partial charge in [-0.3, -0.25) is 19.7 Å². The van der Waals surface area contributed by atoms with E-state index in [4.69, 9.17) is 14.2 Å². The van der Waals surface area contributed by atoms with E-state index in [1.54, 1.807) is 25.7 Å². The average Bonchev–Trinajstić information content (AvgIpc) is 2.91. The Labute approximate surface area is 234 Å². The van der Waals surface area contributed by atoms with Crippen molar-refractivity contribution in [3.05, 3.63) is 27.8 Å². The molecule has 1 atom stereocenters. The van der Waals surface area contributed by atoms with Gasteiger partial charge in [0.25, 0.3) is 11.6 Å². The topological polar surface area (TPSA) is 153 Å². The number of benzene rings is 1. The van der Waals surface area contributed by atoms with Gasteiger partial charge >= 0.3 is 12.1 Å². The zero-order chi connectivity index (χ0) is 29.4. The Balaban J connectivity index is 1.65. The summed E-state index contributed by atoms with van der Waals surface area (Å²) in [5, 5.41) is 17.9. The number of hydrogen-bond donors (Lipinski definition) is 2. The number of methoxy groups -OCH3 is 2. The number of ether oxygens (including phenoxy) is 3. The van der Waals surface area contributed by atoms with Crippen molar-refractivity contribution >= 4 is 29.3 Å². The predicted octanol–water partition coefficient (Wildman–Crippen LogP) is 3.03. The second-order valence-corrected chi connectivity index (χ2v) is 11.1. The number of nitrogens with one attached hydrogen (secondary N) is 2. The zero-order valence-corrected chi connectivity index (χ0v) is 24.0. The van der Waals surface area contributed by atoms with E-state index in [1.165, 1.54) is 26.4 Å². The first kappa shape index (κ1) is 30.9. The van der Waals surface area contributed by atoms with Crippen molar-refractivity contribution in [3.63, 3.8) is 0 Å². The van der Waals surface area contributed by atoms with Crippen LogP contribution in [0, 0.1) is 16.0 Å². The van der Waals surface area contributed by atoms with Crippen LogP contribution < -0.4 is 15.4 Å². The van der Waals surface area contributed by atoms with Crippen molar-refractivity contribution in [2.75, 3.05) is 58.8 Å². The number of nitro groups is 1. The van der Waals surface area contributed by atoms with Gasteiger partial charge in [-0.25, -0.2) is 4.79 Å². The van der Waals surface area contributed by atoms with Crippen molar-refractivity contribution in [1.29, 1.82) is 0 Å². The second kappa shape index (κ2) is 13.6. The van der Waals surface area contributed by atoms with E-state index < -0.39 is 16.6 Å². The van der Waals surface area contributed by atoms with Crippen LogP contribution in [0.15, 0.2) is 12.1 Å². The van der Waals surface area contributed by atoms with Gasteiger partial charge in [-0.15, -0.1) is 0 Å². The molecule has 2 saturated heterocycles. The minimum Gasteiger partial charge on any atom is -0.494 e. The Bertz CT molecular complexity index is 1080. The molecule has 2 aliphatic rings. The molecule has 0 radical (unpaired) electrons. The molecule has 1 unspecified atom stereocenters. The lowest BCUT2D eigenvalue weighted by molar-refractivity contribution is -0.384. The maximum Gasteiger partial charge on any atom is 0.407 e. The first-order valence-corrected chi connectivity index (χ1v) is 13.6. The molecule has 1 aromatic carbocycles. The Kier molecular flexibility index (Phi) is 10.5. The summed E-state index contributed by atoms with van der Waals surface area (Å²) in [6.07, 6.45) is 2.22. The Morgan fingerprint density at radius 2 is 1.80 bits per heavy atom. The minimum absolute atomic E-state index is 0.0938. The van der Waals surface area contributed by atoms with E-state index in [-0.39, 0.29) is 53.1 Å². The Hall–Kier alpha value is -3.61. The summed E-state index contributed by atoms with van der Waals surface area (Å²) in [6.45, 7) is 8.55. The standard InChI is InChI=1S/C27H41N5O8/c1-27(2,3)40-26(35)29-20-7-6-11-31(17-20)24(33)19-15-21(32(36)37)23(22(16-19)38-4)28-10-14-30-12-8-18(9-13-30)25(34)39-5/h15-16,18,20,28H,6-14,17H2,1-5H3,(H,29,35). The molecule has 0 aromatic heterocycles.